The number of nitrogens with one attached hydrogen (secondary N) is 1. The first kappa shape index (κ1) is 22.4. The highest BCUT2D eigenvalue weighted by atomic mass is 19.4. The molecule has 0 radical (unpaired) electrons. The summed E-state index contributed by atoms with van der Waals surface area (Å²) < 4.78 is 39.8. The summed E-state index contributed by atoms with van der Waals surface area (Å²) in [6.45, 7) is 3.24. The number of amides is 1. The molecule has 0 fully saturated rings. The fourth-order valence-corrected chi connectivity index (χ4v) is 2.91. The minimum atomic E-state index is -4.65. The summed E-state index contributed by atoms with van der Waals surface area (Å²) in [5.74, 6) is -0.830. The molecule has 0 saturated heterocycles. The Morgan fingerprint density at radius 3 is 2.56 bits per heavy atom. The maximum atomic E-state index is 13.1. The molecule has 0 bridgehead atoms. The first-order valence-corrected chi connectivity index (χ1v) is 9.23. The predicted molar refractivity (Wildman–Crippen MR) is 111 cm³/mol. The van der Waals surface area contributed by atoms with Crippen LogP contribution < -0.4 is 11.0 Å². The minimum absolute atomic E-state index is 0.0102. The Morgan fingerprint density at radius 1 is 1.19 bits per heavy atom. The highest BCUT2D eigenvalue weighted by Crippen LogP contribution is 2.30. The lowest BCUT2D eigenvalue weighted by Gasteiger charge is -2.12. The standard InChI is InChI=1S/C22H16F3N5O2/c1-13-5-3-6-15(9-13)12-27-28-20(31)19-14(2)18(11-26)21(32)30(29-19)17-8-4-7-16(10-17)22(23,24)25/h3-10,12H,1-2H3,(H,28,31)/b27-12+. The molecular weight excluding hydrogens is 423 g/mol. The zero-order valence-electron chi connectivity index (χ0n) is 16.9. The Labute approximate surface area is 180 Å². The van der Waals surface area contributed by atoms with Gasteiger partial charge in [-0.15, -0.1) is 0 Å². The number of hydrogen-bond acceptors (Lipinski definition) is 5. The molecule has 3 aromatic rings. The smallest absolute Gasteiger partial charge is 0.266 e. The van der Waals surface area contributed by atoms with Gasteiger partial charge in [-0.3, -0.25) is 9.59 Å². The fraction of sp³-hybridized carbons (Fsp3) is 0.136. The van der Waals surface area contributed by atoms with E-state index < -0.39 is 28.8 Å². The van der Waals surface area contributed by atoms with Gasteiger partial charge in [0.25, 0.3) is 11.5 Å². The van der Waals surface area contributed by atoms with Crippen molar-refractivity contribution in [3.63, 3.8) is 0 Å². The lowest BCUT2D eigenvalue weighted by atomic mass is 10.1. The third-order valence-electron chi connectivity index (χ3n) is 4.50. The maximum absolute atomic E-state index is 13.1. The van der Waals surface area contributed by atoms with E-state index >= 15 is 0 Å². The van der Waals surface area contributed by atoms with Crippen LogP contribution in [0.1, 0.15) is 38.3 Å². The molecule has 32 heavy (non-hydrogen) atoms. The first-order valence-electron chi connectivity index (χ1n) is 9.23. The van der Waals surface area contributed by atoms with Crippen molar-refractivity contribution in [2.24, 2.45) is 5.10 Å². The maximum Gasteiger partial charge on any atom is 0.416 e. The minimum Gasteiger partial charge on any atom is -0.266 e. The normalized spacial score (nSPS) is 11.4. The van der Waals surface area contributed by atoms with Gasteiger partial charge >= 0.3 is 6.18 Å². The van der Waals surface area contributed by atoms with Gasteiger partial charge in [0.15, 0.2) is 5.69 Å². The van der Waals surface area contributed by atoms with Crippen LogP contribution in [0.15, 0.2) is 58.4 Å². The number of halogens is 3. The molecule has 0 atom stereocenters. The van der Waals surface area contributed by atoms with Gasteiger partial charge in [0, 0.05) is 5.56 Å². The molecule has 1 heterocycles. The molecule has 1 N–H and O–H groups in total. The quantitative estimate of drug-likeness (QED) is 0.497. The molecule has 0 spiro atoms. The van der Waals surface area contributed by atoms with Crippen molar-refractivity contribution in [2.75, 3.05) is 0 Å². The van der Waals surface area contributed by atoms with Gasteiger partial charge < -0.3 is 0 Å². The van der Waals surface area contributed by atoms with Gasteiger partial charge in [-0.05, 0) is 37.6 Å². The second-order valence-corrected chi connectivity index (χ2v) is 6.84. The van der Waals surface area contributed by atoms with Crippen molar-refractivity contribution < 1.29 is 18.0 Å². The van der Waals surface area contributed by atoms with Gasteiger partial charge in [-0.25, -0.2) is 5.43 Å². The number of hydrazone groups is 1. The second kappa shape index (κ2) is 8.85. The number of alkyl halides is 3. The van der Waals surface area contributed by atoms with E-state index in [2.05, 4.69) is 15.6 Å². The Morgan fingerprint density at radius 2 is 1.91 bits per heavy atom. The van der Waals surface area contributed by atoms with Crippen molar-refractivity contribution in [2.45, 2.75) is 20.0 Å². The molecule has 7 nitrogen and oxygen atoms in total. The number of aromatic nitrogens is 2. The molecule has 2 aromatic carbocycles. The Hall–Kier alpha value is -4.26. The van der Waals surface area contributed by atoms with Crippen LogP contribution >= 0.6 is 0 Å². The van der Waals surface area contributed by atoms with E-state index in [1.165, 1.54) is 19.2 Å². The average molecular weight is 439 g/mol. The van der Waals surface area contributed by atoms with E-state index in [0.717, 1.165) is 23.3 Å². The number of carbonyl (C=O) groups excluding carboxylic acids is 1. The fourth-order valence-electron chi connectivity index (χ4n) is 2.91. The van der Waals surface area contributed by atoms with Crippen molar-refractivity contribution in [3.8, 4) is 11.8 Å². The molecule has 3 rings (SSSR count). The molecule has 0 aliphatic carbocycles. The van der Waals surface area contributed by atoms with Crippen LogP contribution in [0.3, 0.4) is 0 Å². The van der Waals surface area contributed by atoms with Crippen LogP contribution in [-0.2, 0) is 6.18 Å². The Bertz CT molecular complexity index is 1320. The highest BCUT2D eigenvalue weighted by molar-refractivity contribution is 5.94. The summed E-state index contributed by atoms with van der Waals surface area (Å²) in [5, 5.41) is 17.1. The zero-order valence-corrected chi connectivity index (χ0v) is 16.9. The number of hydrogen-bond donors (Lipinski definition) is 1. The molecule has 0 unspecified atom stereocenters. The van der Waals surface area contributed by atoms with Crippen molar-refractivity contribution in [3.05, 3.63) is 92.4 Å². The van der Waals surface area contributed by atoms with Gasteiger partial charge in [0.1, 0.15) is 11.6 Å². The number of benzene rings is 2. The molecule has 1 aromatic heterocycles. The van der Waals surface area contributed by atoms with E-state index in [4.69, 9.17) is 0 Å². The van der Waals surface area contributed by atoms with Gasteiger partial charge in [0.05, 0.1) is 17.5 Å². The summed E-state index contributed by atoms with van der Waals surface area (Å²) >= 11 is 0. The molecule has 1 amide bonds. The van der Waals surface area contributed by atoms with Crippen molar-refractivity contribution in [1.29, 1.82) is 5.26 Å². The Kier molecular flexibility index (Phi) is 6.20. The van der Waals surface area contributed by atoms with Crippen molar-refractivity contribution >= 4 is 12.1 Å². The SMILES string of the molecule is Cc1cccc(/C=N/NC(=O)c2nn(-c3cccc(C(F)(F)F)c3)c(=O)c(C#N)c2C)c1. The largest absolute Gasteiger partial charge is 0.416 e. The van der Waals surface area contributed by atoms with Gasteiger partial charge in [0.2, 0.25) is 0 Å². The third-order valence-corrected chi connectivity index (χ3v) is 4.50. The average Bonchev–Trinajstić information content (AvgIpc) is 2.74. The van der Waals surface area contributed by atoms with Crippen LogP contribution in [0.4, 0.5) is 13.2 Å². The van der Waals surface area contributed by atoms with E-state index in [1.54, 1.807) is 12.1 Å². The summed E-state index contributed by atoms with van der Waals surface area (Å²) in [6.07, 6.45) is -3.25. The van der Waals surface area contributed by atoms with Crippen molar-refractivity contribution in [1.82, 2.24) is 15.2 Å². The summed E-state index contributed by atoms with van der Waals surface area (Å²) in [4.78, 5) is 25.2. The van der Waals surface area contributed by atoms with Crippen LogP contribution in [-0.4, -0.2) is 21.9 Å². The molecular formula is C22H16F3N5O2. The summed E-state index contributed by atoms with van der Waals surface area (Å²) in [7, 11) is 0. The monoisotopic (exact) mass is 439 g/mol. The van der Waals surface area contributed by atoms with Gasteiger partial charge in [-0.1, -0.05) is 35.9 Å². The van der Waals surface area contributed by atoms with E-state index in [0.29, 0.717) is 10.7 Å². The number of aryl methyl sites for hydroxylation is 1. The number of nitrogens with zero attached hydrogens (tertiary/aromatic N) is 4. The summed E-state index contributed by atoms with van der Waals surface area (Å²) in [6, 6.07) is 12.9. The predicted octanol–water partition coefficient (Wildman–Crippen LogP) is 3.50. The van der Waals surface area contributed by atoms with Crippen LogP contribution in [0, 0.1) is 25.2 Å². The third kappa shape index (κ3) is 4.73. The number of carbonyl (C=O) groups is 1. The molecule has 0 aliphatic heterocycles. The van der Waals surface area contributed by atoms with E-state index in [-0.39, 0.29) is 16.9 Å². The zero-order chi connectivity index (χ0) is 23.5. The van der Waals surface area contributed by atoms with E-state index in [9.17, 15) is 28.0 Å². The van der Waals surface area contributed by atoms with Gasteiger partial charge in [-0.2, -0.15) is 33.3 Å². The van der Waals surface area contributed by atoms with Crippen LogP contribution in [0.25, 0.3) is 5.69 Å². The lowest BCUT2D eigenvalue weighted by molar-refractivity contribution is -0.137. The topological polar surface area (TPSA) is 100 Å². The van der Waals surface area contributed by atoms with Crippen LogP contribution in [0.5, 0.6) is 0 Å². The molecule has 0 aliphatic rings. The van der Waals surface area contributed by atoms with Crippen LogP contribution in [0.2, 0.25) is 0 Å². The Balaban J connectivity index is 2.01. The first-order chi connectivity index (χ1) is 15.1. The molecule has 0 saturated carbocycles. The highest BCUT2D eigenvalue weighted by Gasteiger charge is 2.31. The molecule has 162 valence electrons. The number of rotatable bonds is 4. The van der Waals surface area contributed by atoms with E-state index in [1.807, 2.05) is 25.1 Å². The summed E-state index contributed by atoms with van der Waals surface area (Å²) in [5.41, 5.74) is 1.05. The molecule has 10 heteroatoms. The lowest BCUT2D eigenvalue weighted by Crippen LogP contribution is -2.31. The number of nitriles is 1. The second-order valence-electron chi connectivity index (χ2n) is 6.84.